The Morgan fingerprint density at radius 3 is 2.64 bits per heavy atom. The second-order valence-corrected chi connectivity index (χ2v) is 6.20. The Hall–Kier alpha value is -2.44. The van der Waals surface area contributed by atoms with E-state index in [1.807, 2.05) is 25.1 Å². The molecule has 0 spiro atoms. The van der Waals surface area contributed by atoms with Gasteiger partial charge in [-0.3, -0.25) is 4.79 Å². The lowest BCUT2D eigenvalue weighted by Gasteiger charge is -2.19. The van der Waals surface area contributed by atoms with Crippen LogP contribution in [0.4, 0.5) is 4.79 Å². The molecule has 0 bridgehead atoms. The Bertz CT molecular complexity index is 599. The Balaban J connectivity index is 1.93. The lowest BCUT2D eigenvalue weighted by atomic mass is 10.1. The first-order chi connectivity index (χ1) is 12.0. The van der Waals surface area contributed by atoms with Crippen LogP contribution in [0.3, 0.4) is 0 Å². The molecule has 7 heteroatoms. The van der Waals surface area contributed by atoms with E-state index < -0.39 is 12.0 Å². The summed E-state index contributed by atoms with van der Waals surface area (Å²) in [5, 5.41) is 13.9. The summed E-state index contributed by atoms with van der Waals surface area (Å²) < 4.78 is 11.4. The molecule has 0 aliphatic heterocycles. The minimum Gasteiger partial charge on any atom is -0.493 e. The third-order valence-corrected chi connectivity index (χ3v) is 4.26. The van der Waals surface area contributed by atoms with E-state index in [-0.39, 0.29) is 25.1 Å². The molecule has 1 saturated carbocycles. The van der Waals surface area contributed by atoms with Gasteiger partial charge in [0, 0.05) is 6.54 Å². The number of rotatable bonds is 8. The lowest BCUT2D eigenvalue weighted by molar-refractivity contribution is -0.136. The zero-order chi connectivity index (χ0) is 18.2. The normalized spacial score (nSPS) is 15.4. The number of carbonyl (C=O) groups is 2. The van der Waals surface area contributed by atoms with Gasteiger partial charge in [-0.05, 0) is 50.3 Å². The number of amides is 2. The Labute approximate surface area is 147 Å². The van der Waals surface area contributed by atoms with Crippen LogP contribution in [-0.2, 0) is 4.79 Å². The highest BCUT2D eigenvalue weighted by molar-refractivity contribution is 5.75. The summed E-state index contributed by atoms with van der Waals surface area (Å²) in [5.74, 6) is 0.413. The Morgan fingerprint density at radius 2 is 2.00 bits per heavy atom. The first kappa shape index (κ1) is 18.9. The highest BCUT2D eigenvalue weighted by Gasteiger charge is 2.19. The molecule has 1 aliphatic rings. The zero-order valence-corrected chi connectivity index (χ0v) is 14.7. The number of methoxy groups -OCH3 is 1. The maximum absolute atomic E-state index is 11.8. The predicted molar refractivity (Wildman–Crippen MR) is 93.1 cm³/mol. The fraction of sp³-hybridized carbons (Fsp3) is 0.556. The fourth-order valence-electron chi connectivity index (χ4n) is 2.85. The second kappa shape index (κ2) is 9.15. The van der Waals surface area contributed by atoms with Gasteiger partial charge in [0.15, 0.2) is 11.5 Å². The largest absolute Gasteiger partial charge is 0.493 e. The first-order valence-corrected chi connectivity index (χ1v) is 8.60. The van der Waals surface area contributed by atoms with E-state index in [0.29, 0.717) is 5.75 Å². The SMILES string of the molecule is COc1cc(C(C)NC(=O)NCCC(=O)O)ccc1OC1CCCC1. The monoisotopic (exact) mass is 350 g/mol. The van der Waals surface area contributed by atoms with Gasteiger partial charge in [-0.15, -0.1) is 0 Å². The smallest absolute Gasteiger partial charge is 0.315 e. The van der Waals surface area contributed by atoms with Gasteiger partial charge in [-0.2, -0.15) is 0 Å². The topological polar surface area (TPSA) is 96.9 Å². The summed E-state index contributed by atoms with van der Waals surface area (Å²) in [6.07, 6.45) is 4.67. The summed E-state index contributed by atoms with van der Waals surface area (Å²) in [6.45, 7) is 1.94. The predicted octanol–water partition coefficient (Wildman–Crippen LogP) is 2.85. The van der Waals surface area contributed by atoms with E-state index in [1.54, 1.807) is 7.11 Å². The molecule has 1 atom stereocenters. The van der Waals surface area contributed by atoms with E-state index in [4.69, 9.17) is 14.6 Å². The second-order valence-electron chi connectivity index (χ2n) is 6.20. The lowest BCUT2D eigenvalue weighted by Crippen LogP contribution is -2.38. The number of carbonyl (C=O) groups excluding carboxylic acids is 1. The summed E-state index contributed by atoms with van der Waals surface area (Å²) in [7, 11) is 1.59. The van der Waals surface area contributed by atoms with Crippen LogP contribution in [0.5, 0.6) is 11.5 Å². The van der Waals surface area contributed by atoms with Gasteiger partial charge in [-0.25, -0.2) is 4.79 Å². The molecular weight excluding hydrogens is 324 g/mol. The maximum atomic E-state index is 11.8. The van der Waals surface area contributed by atoms with E-state index in [9.17, 15) is 9.59 Å². The van der Waals surface area contributed by atoms with Crippen molar-refractivity contribution in [3.63, 3.8) is 0 Å². The summed E-state index contributed by atoms with van der Waals surface area (Å²) >= 11 is 0. The zero-order valence-electron chi connectivity index (χ0n) is 14.7. The summed E-state index contributed by atoms with van der Waals surface area (Å²) in [4.78, 5) is 22.2. The number of nitrogens with one attached hydrogen (secondary N) is 2. The molecule has 1 fully saturated rings. The quantitative estimate of drug-likeness (QED) is 0.670. The van der Waals surface area contributed by atoms with Crippen molar-refractivity contribution in [2.75, 3.05) is 13.7 Å². The molecule has 1 aliphatic carbocycles. The molecule has 25 heavy (non-hydrogen) atoms. The van der Waals surface area contributed by atoms with Gasteiger partial charge in [-0.1, -0.05) is 6.07 Å². The van der Waals surface area contributed by atoms with Crippen LogP contribution in [0, 0.1) is 0 Å². The Kier molecular flexibility index (Phi) is 6.91. The standard InChI is InChI=1S/C18H26N2O5/c1-12(20-18(23)19-10-9-17(21)22)13-7-8-15(16(11-13)24-2)25-14-5-3-4-6-14/h7-8,11-12,14H,3-6,9-10H2,1-2H3,(H,21,22)(H2,19,20,23). The number of hydrogen-bond donors (Lipinski definition) is 3. The molecular formula is C18H26N2O5. The molecule has 1 aromatic rings. The van der Waals surface area contributed by atoms with Crippen molar-refractivity contribution in [3.8, 4) is 11.5 Å². The highest BCUT2D eigenvalue weighted by atomic mass is 16.5. The average molecular weight is 350 g/mol. The van der Waals surface area contributed by atoms with E-state index in [0.717, 1.165) is 24.2 Å². The van der Waals surface area contributed by atoms with Crippen LogP contribution in [0.25, 0.3) is 0 Å². The van der Waals surface area contributed by atoms with Crippen molar-refractivity contribution in [1.82, 2.24) is 10.6 Å². The van der Waals surface area contributed by atoms with Crippen LogP contribution in [-0.4, -0.2) is 36.9 Å². The van der Waals surface area contributed by atoms with Crippen molar-refractivity contribution in [3.05, 3.63) is 23.8 Å². The van der Waals surface area contributed by atoms with Crippen molar-refractivity contribution in [1.29, 1.82) is 0 Å². The average Bonchev–Trinajstić information content (AvgIpc) is 3.07. The Morgan fingerprint density at radius 1 is 1.28 bits per heavy atom. The van der Waals surface area contributed by atoms with Crippen molar-refractivity contribution in [2.45, 2.75) is 51.2 Å². The van der Waals surface area contributed by atoms with Crippen molar-refractivity contribution >= 4 is 12.0 Å². The number of carboxylic acids is 1. The van der Waals surface area contributed by atoms with Crippen LogP contribution in [0.1, 0.15) is 50.6 Å². The molecule has 0 aromatic heterocycles. The third kappa shape index (κ3) is 5.85. The van der Waals surface area contributed by atoms with Gasteiger partial charge in [0.1, 0.15) is 0 Å². The van der Waals surface area contributed by atoms with E-state index in [2.05, 4.69) is 10.6 Å². The molecule has 0 radical (unpaired) electrons. The highest BCUT2D eigenvalue weighted by Crippen LogP contribution is 2.33. The molecule has 7 nitrogen and oxygen atoms in total. The molecule has 1 aromatic carbocycles. The van der Waals surface area contributed by atoms with Crippen molar-refractivity contribution in [2.24, 2.45) is 0 Å². The van der Waals surface area contributed by atoms with Gasteiger partial charge in [0.2, 0.25) is 0 Å². The van der Waals surface area contributed by atoms with Gasteiger partial charge in [0.25, 0.3) is 0 Å². The van der Waals surface area contributed by atoms with Crippen LogP contribution in [0.15, 0.2) is 18.2 Å². The number of ether oxygens (including phenoxy) is 2. The molecule has 2 rings (SSSR count). The van der Waals surface area contributed by atoms with Crippen LogP contribution < -0.4 is 20.1 Å². The minimum absolute atomic E-state index is 0.0887. The van der Waals surface area contributed by atoms with Gasteiger partial charge < -0.3 is 25.2 Å². The van der Waals surface area contributed by atoms with E-state index in [1.165, 1.54) is 12.8 Å². The molecule has 1 unspecified atom stereocenters. The number of urea groups is 1. The number of carboxylic acid groups (broad SMARTS) is 1. The molecule has 0 saturated heterocycles. The number of hydrogen-bond acceptors (Lipinski definition) is 4. The van der Waals surface area contributed by atoms with Crippen molar-refractivity contribution < 1.29 is 24.2 Å². The fourth-order valence-corrected chi connectivity index (χ4v) is 2.85. The molecule has 3 N–H and O–H groups in total. The number of aliphatic carboxylic acids is 1. The van der Waals surface area contributed by atoms with E-state index >= 15 is 0 Å². The summed E-state index contributed by atoms with van der Waals surface area (Å²) in [5.41, 5.74) is 0.879. The third-order valence-electron chi connectivity index (χ3n) is 4.26. The first-order valence-electron chi connectivity index (χ1n) is 8.60. The minimum atomic E-state index is -0.948. The van der Waals surface area contributed by atoms with Crippen LogP contribution >= 0.6 is 0 Å². The van der Waals surface area contributed by atoms with Gasteiger partial charge >= 0.3 is 12.0 Å². The molecule has 2 amide bonds. The summed E-state index contributed by atoms with van der Waals surface area (Å²) in [6, 6.07) is 4.97. The maximum Gasteiger partial charge on any atom is 0.315 e. The van der Waals surface area contributed by atoms with Crippen LogP contribution in [0.2, 0.25) is 0 Å². The molecule has 138 valence electrons. The van der Waals surface area contributed by atoms with Gasteiger partial charge in [0.05, 0.1) is 25.7 Å². The number of benzene rings is 1. The molecule has 0 heterocycles.